The second-order valence-corrected chi connectivity index (χ2v) is 14.6. The first-order chi connectivity index (χ1) is 25.3. The first-order valence-corrected chi connectivity index (χ1v) is 18.4. The van der Waals surface area contributed by atoms with Gasteiger partial charge >= 0.3 is 0 Å². The molecule has 0 amide bonds. The Morgan fingerprint density at radius 2 is 0.588 bits per heavy atom. The van der Waals surface area contributed by atoms with Crippen molar-refractivity contribution in [3.05, 3.63) is 182 Å². The van der Waals surface area contributed by atoms with E-state index in [1.54, 1.807) is 0 Å². The number of hydrogen-bond donors (Lipinski definition) is 0. The van der Waals surface area contributed by atoms with Gasteiger partial charge < -0.3 is 0 Å². The zero-order chi connectivity index (χ0) is 33.5. The van der Waals surface area contributed by atoms with Crippen LogP contribution in [0.25, 0.3) is 108 Å². The van der Waals surface area contributed by atoms with Gasteiger partial charge in [0.2, 0.25) is 0 Å². The Balaban J connectivity index is 1.21. The van der Waals surface area contributed by atoms with Crippen LogP contribution in [0.2, 0.25) is 0 Å². The minimum Gasteiger partial charge on any atom is -0.135 e. The van der Waals surface area contributed by atoms with E-state index in [1.807, 2.05) is 11.3 Å². The van der Waals surface area contributed by atoms with Crippen LogP contribution < -0.4 is 0 Å². The molecule has 0 N–H and O–H groups in total. The standard InChI is InChI=1S/C50H30S/c1-2-14-34-33(13-1)35-15-3-4-17-37(35)39-27-25-31(29-45(39)38-18-6-5-16-36(34)38)49-41-20-7-9-22-43(41)50(44-23-10-8-21-42(44)49)32-26-28-48-46(30-32)40-19-11-12-24-47(40)51-48/h1-30H. The predicted octanol–water partition coefficient (Wildman–Crippen LogP) is 14.7. The van der Waals surface area contributed by atoms with Crippen molar-refractivity contribution in [2.75, 3.05) is 0 Å². The second kappa shape index (κ2) is 11.1. The molecule has 0 nitrogen and oxygen atoms in total. The van der Waals surface area contributed by atoms with E-state index in [0.717, 1.165) is 0 Å². The van der Waals surface area contributed by atoms with E-state index in [1.165, 1.54) is 108 Å². The highest BCUT2D eigenvalue weighted by Crippen LogP contribution is 2.50. The van der Waals surface area contributed by atoms with E-state index >= 15 is 0 Å². The highest BCUT2D eigenvalue weighted by molar-refractivity contribution is 7.25. The Labute approximate surface area is 300 Å². The van der Waals surface area contributed by atoms with Gasteiger partial charge in [0, 0.05) is 20.2 Å². The van der Waals surface area contributed by atoms with E-state index < -0.39 is 0 Å². The molecule has 11 rings (SSSR count). The molecule has 0 saturated heterocycles. The fourth-order valence-corrected chi connectivity index (χ4v) is 9.73. The largest absolute Gasteiger partial charge is 0.135 e. The van der Waals surface area contributed by atoms with Gasteiger partial charge in [-0.1, -0.05) is 158 Å². The second-order valence-electron chi connectivity index (χ2n) is 13.5. The summed E-state index contributed by atoms with van der Waals surface area (Å²) in [6.45, 7) is 0. The molecule has 0 fully saturated rings. The summed E-state index contributed by atoms with van der Waals surface area (Å²) in [7, 11) is 0. The van der Waals surface area contributed by atoms with Crippen molar-refractivity contribution >= 4 is 53.1 Å². The van der Waals surface area contributed by atoms with Crippen LogP contribution in [0.5, 0.6) is 0 Å². The Kier molecular flexibility index (Phi) is 6.22. The van der Waals surface area contributed by atoms with Crippen molar-refractivity contribution in [3.63, 3.8) is 0 Å². The topological polar surface area (TPSA) is 0 Å². The zero-order valence-electron chi connectivity index (χ0n) is 27.7. The van der Waals surface area contributed by atoms with Crippen molar-refractivity contribution in [1.29, 1.82) is 0 Å². The monoisotopic (exact) mass is 662 g/mol. The van der Waals surface area contributed by atoms with Gasteiger partial charge in [0.1, 0.15) is 0 Å². The number of hydrogen-bond acceptors (Lipinski definition) is 1. The van der Waals surface area contributed by atoms with Crippen molar-refractivity contribution in [2.24, 2.45) is 0 Å². The van der Waals surface area contributed by atoms with Gasteiger partial charge in [-0.15, -0.1) is 11.3 Å². The van der Waals surface area contributed by atoms with Crippen LogP contribution in [0.1, 0.15) is 0 Å². The summed E-state index contributed by atoms with van der Waals surface area (Å²) in [6, 6.07) is 67.7. The molecule has 236 valence electrons. The average Bonchev–Trinajstić information content (AvgIpc) is 3.57. The van der Waals surface area contributed by atoms with E-state index in [2.05, 4.69) is 182 Å². The molecule has 0 bridgehead atoms. The summed E-state index contributed by atoms with van der Waals surface area (Å²) >= 11 is 1.87. The molecule has 1 heteroatoms. The fraction of sp³-hybridized carbons (Fsp3) is 0. The third kappa shape index (κ3) is 4.26. The summed E-state index contributed by atoms with van der Waals surface area (Å²) in [5, 5.41) is 7.74. The minimum absolute atomic E-state index is 1.23. The number of benzene rings is 9. The molecule has 0 radical (unpaired) electrons. The lowest BCUT2D eigenvalue weighted by atomic mass is 9.79. The summed E-state index contributed by atoms with van der Waals surface area (Å²) < 4.78 is 2.66. The van der Waals surface area contributed by atoms with Gasteiger partial charge in [0.15, 0.2) is 0 Å². The summed E-state index contributed by atoms with van der Waals surface area (Å²) in [4.78, 5) is 0. The van der Waals surface area contributed by atoms with Gasteiger partial charge in [0.25, 0.3) is 0 Å². The molecule has 0 unspecified atom stereocenters. The van der Waals surface area contributed by atoms with Gasteiger partial charge in [-0.3, -0.25) is 0 Å². The lowest BCUT2D eigenvalue weighted by molar-refractivity contribution is 1.52. The number of fused-ring (bicyclic) bond motifs is 13. The molecule has 10 aromatic rings. The highest BCUT2D eigenvalue weighted by Gasteiger charge is 2.23. The maximum absolute atomic E-state index is 2.45. The van der Waals surface area contributed by atoms with Gasteiger partial charge in [0.05, 0.1) is 0 Å². The lowest BCUT2D eigenvalue weighted by Gasteiger charge is -2.24. The summed E-state index contributed by atoms with van der Waals surface area (Å²) in [5.74, 6) is 0. The number of rotatable bonds is 2. The molecule has 51 heavy (non-hydrogen) atoms. The van der Waals surface area contributed by atoms with Gasteiger partial charge in [-0.2, -0.15) is 0 Å². The fourth-order valence-electron chi connectivity index (χ4n) is 8.65. The Bertz CT molecular complexity index is 2970. The van der Waals surface area contributed by atoms with E-state index in [9.17, 15) is 0 Å². The van der Waals surface area contributed by atoms with Crippen LogP contribution >= 0.6 is 11.3 Å². The summed E-state index contributed by atoms with van der Waals surface area (Å²) in [5.41, 5.74) is 15.2. The Morgan fingerprint density at radius 3 is 1.10 bits per heavy atom. The minimum atomic E-state index is 1.23. The molecule has 1 aliphatic rings. The molecule has 1 aromatic heterocycles. The lowest BCUT2D eigenvalue weighted by Crippen LogP contribution is -1.97. The predicted molar refractivity (Wildman–Crippen MR) is 221 cm³/mol. The molecular weight excluding hydrogens is 633 g/mol. The van der Waals surface area contributed by atoms with Gasteiger partial charge in [-0.05, 0) is 113 Å². The quantitative estimate of drug-likeness (QED) is 0.162. The molecule has 0 spiro atoms. The first-order valence-electron chi connectivity index (χ1n) is 17.6. The maximum atomic E-state index is 2.45. The third-order valence-corrected chi connectivity index (χ3v) is 12.0. The van der Waals surface area contributed by atoms with Crippen LogP contribution in [-0.2, 0) is 0 Å². The normalized spacial score (nSPS) is 11.9. The SMILES string of the molecule is c1ccc2c(c1)-c1ccccc1-c1ccc(-c3c4ccccc4c(-c4ccc5sc6ccccc6c5c4)c4ccccc34)cc1-c1ccccc1-2. The average molecular weight is 663 g/mol. The Morgan fingerprint density at radius 1 is 0.235 bits per heavy atom. The van der Waals surface area contributed by atoms with Crippen LogP contribution in [0, 0.1) is 0 Å². The van der Waals surface area contributed by atoms with E-state index in [4.69, 9.17) is 0 Å². The Hall–Kier alpha value is -6.28. The van der Waals surface area contributed by atoms with Crippen LogP contribution in [0.4, 0.5) is 0 Å². The first kappa shape index (κ1) is 28.5. The zero-order valence-corrected chi connectivity index (χ0v) is 28.5. The summed E-state index contributed by atoms with van der Waals surface area (Å²) in [6.07, 6.45) is 0. The molecule has 0 aliphatic heterocycles. The van der Waals surface area contributed by atoms with E-state index in [0.29, 0.717) is 0 Å². The van der Waals surface area contributed by atoms with Crippen LogP contribution in [0.3, 0.4) is 0 Å². The van der Waals surface area contributed by atoms with Crippen LogP contribution in [0.15, 0.2) is 182 Å². The smallest absolute Gasteiger partial charge is 0.0355 e. The molecule has 1 heterocycles. The molecule has 1 aliphatic carbocycles. The highest BCUT2D eigenvalue weighted by atomic mass is 32.1. The van der Waals surface area contributed by atoms with Gasteiger partial charge in [-0.25, -0.2) is 0 Å². The molecule has 0 atom stereocenters. The number of thiophene rings is 1. The maximum Gasteiger partial charge on any atom is 0.0355 e. The van der Waals surface area contributed by atoms with Crippen molar-refractivity contribution in [2.45, 2.75) is 0 Å². The van der Waals surface area contributed by atoms with Crippen molar-refractivity contribution in [1.82, 2.24) is 0 Å². The molecule has 0 saturated carbocycles. The van der Waals surface area contributed by atoms with Crippen molar-refractivity contribution < 1.29 is 0 Å². The molecular formula is C50H30S. The molecule has 9 aromatic carbocycles. The van der Waals surface area contributed by atoms with E-state index in [-0.39, 0.29) is 0 Å². The van der Waals surface area contributed by atoms with Crippen molar-refractivity contribution in [3.8, 4) is 66.8 Å². The van der Waals surface area contributed by atoms with Crippen LogP contribution in [-0.4, -0.2) is 0 Å². The third-order valence-electron chi connectivity index (χ3n) is 10.8.